The molecule has 1 amide bonds. The van der Waals surface area contributed by atoms with Crippen molar-refractivity contribution in [2.75, 3.05) is 5.73 Å². The van der Waals surface area contributed by atoms with Crippen molar-refractivity contribution >= 4 is 11.6 Å². The fourth-order valence-electron chi connectivity index (χ4n) is 1.78. The highest BCUT2D eigenvalue weighted by Gasteiger charge is 2.09. The maximum Gasteiger partial charge on any atom is 0.251 e. The minimum Gasteiger partial charge on any atom is -0.398 e. The number of nitrogens with one attached hydrogen (secondary N) is 1. The number of nitrogens with two attached hydrogens (primary N) is 1. The lowest BCUT2D eigenvalue weighted by molar-refractivity contribution is 0.0950. The molecule has 2 aromatic carbocycles. The van der Waals surface area contributed by atoms with Crippen LogP contribution in [0.5, 0.6) is 0 Å². The Balaban J connectivity index is 2.05. The van der Waals surface area contributed by atoms with Crippen molar-refractivity contribution in [3.05, 3.63) is 65.0 Å². The number of carbonyl (C=O) groups excluding carboxylic acids is 1. The predicted octanol–water partition coefficient (Wildman–Crippen LogP) is 2.65. The van der Waals surface area contributed by atoms with E-state index in [0.29, 0.717) is 17.8 Å². The number of hydrogen-bond donors (Lipinski definition) is 2. The summed E-state index contributed by atoms with van der Waals surface area (Å²) < 4.78 is 12.7. The molecule has 0 aliphatic heterocycles. The molecule has 0 spiro atoms. The van der Waals surface area contributed by atoms with Gasteiger partial charge in [0.1, 0.15) is 5.82 Å². The van der Waals surface area contributed by atoms with Crippen LogP contribution in [-0.4, -0.2) is 5.91 Å². The van der Waals surface area contributed by atoms with Gasteiger partial charge in [0.15, 0.2) is 0 Å². The highest BCUT2D eigenvalue weighted by atomic mass is 19.1. The molecule has 0 saturated carbocycles. The number of benzene rings is 2. The SMILES string of the molecule is Cc1c(N)cccc1C(=O)NCc1ccc(F)cc1. The number of anilines is 1. The summed E-state index contributed by atoms with van der Waals surface area (Å²) in [5.74, 6) is -0.476. The number of carbonyl (C=O) groups is 1. The van der Waals surface area contributed by atoms with E-state index in [0.717, 1.165) is 11.1 Å². The monoisotopic (exact) mass is 258 g/mol. The Morgan fingerprint density at radius 2 is 1.89 bits per heavy atom. The summed E-state index contributed by atoms with van der Waals surface area (Å²) in [4.78, 5) is 12.0. The van der Waals surface area contributed by atoms with Gasteiger partial charge in [-0.3, -0.25) is 4.79 Å². The van der Waals surface area contributed by atoms with Crippen LogP contribution in [-0.2, 0) is 6.54 Å². The summed E-state index contributed by atoms with van der Waals surface area (Å²) in [6, 6.07) is 11.2. The second-order valence-electron chi connectivity index (χ2n) is 4.33. The van der Waals surface area contributed by atoms with Gasteiger partial charge in [-0.15, -0.1) is 0 Å². The van der Waals surface area contributed by atoms with Crippen LogP contribution in [0, 0.1) is 12.7 Å². The first-order chi connectivity index (χ1) is 9.08. The molecule has 0 heterocycles. The third-order valence-corrected chi connectivity index (χ3v) is 2.99. The number of rotatable bonds is 3. The third kappa shape index (κ3) is 3.10. The van der Waals surface area contributed by atoms with Crippen LogP contribution in [0.1, 0.15) is 21.5 Å². The molecule has 0 radical (unpaired) electrons. The van der Waals surface area contributed by atoms with Crippen LogP contribution < -0.4 is 11.1 Å². The molecule has 0 saturated heterocycles. The van der Waals surface area contributed by atoms with Crippen LogP contribution in [0.4, 0.5) is 10.1 Å². The molecule has 2 rings (SSSR count). The standard InChI is InChI=1S/C15H15FN2O/c1-10-13(3-2-4-14(10)17)15(19)18-9-11-5-7-12(16)8-6-11/h2-8H,9,17H2,1H3,(H,18,19). The molecule has 0 atom stereocenters. The van der Waals surface area contributed by atoms with Gasteiger partial charge in [-0.1, -0.05) is 18.2 Å². The Morgan fingerprint density at radius 1 is 1.21 bits per heavy atom. The first-order valence-electron chi connectivity index (χ1n) is 5.95. The van der Waals surface area contributed by atoms with E-state index in [2.05, 4.69) is 5.32 Å². The average molecular weight is 258 g/mol. The van der Waals surface area contributed by atoms with Gasteiger partial charge in [0.25, 0.3) is 5.91 Å². The second-order valence-corrected chi connectivity index (χ2v) is 4.33. The van der Waals surface area contributed by atoms with Crippen molar-refractivity contribution in [1.29, 1.82) is 0 Å². The minimum absolute atomic E-state index is 0.186. The first kappa shape index (κ1) is 13.1. The molecule has 0 aromatic heterocycles. The zero-order valence-electron chi connectivity index (χ0n) is 10.6. The minimum atomic E-state index is -0.290. The van der Waals surface area contributed by atoms with Gasteiger partial charge in [0.2, 0.25) is 0 Å². The second kappa shape index (κ2) is 5.52. The highest BCUT2D eigenvalue weighted by molar-refractivity contribution is 5.96. The number of amides is 1. The molecule has 19 heavy (non-hydrogen) atoms. The largest absolute Gasteiger partial charge is 0.398 e. The number of nitrogen functional groups attached to an aromatic ring is 1. The van der Waals surface area contributed by atoms with Gasteiger partial charge in [-0.05, 0) is 42.3 Å². The van der Waals surface area contributed by atoms with E-state index in [-0.39, 0.29) is 11.7 Å². The Bertz CT molecular complexity index is 594. The molecule has 0 fully saturated rings. The fraction of sp³-hybridized carbons (Fsp3) is 0.133. The molecule has 0 aliphatic carbocycles. The van der Waals surface area contributed by atoms with Gasteiger partial charge in [0, 0.05) is 17.8 Å². The maximum absolute atomic E-state index is 12.7. The van der Waals surface area contributed by atoms with E-state index in [1.807, 2.05) is 6.92 Å². The lowest BCUT2D eigenvalue weighted by atomic mass is 10.1. The van der Waals surface area contributed by atoms with Gasteiger partial charge < -0.3 is 11.1 Å². The Labute approximate surface area is 111 Å². The Morgan fingerprint density at radius 3 is 2.58 bits per heavy atom. The van der Waals surface area contributed by atoms with Crippen molar-refractivity contribution in [3.63, 3.8) is 0 Å². The number of hydrogen-bond acceptors (Lipinski definition) is 2. The molecule has 4 heteroatoms. The summed E-state index contributed by atoms with van der Waals surface area (Å²) in [7, 11) is 0. The first-order valence-corrected chi connectivity index (χ1v) is 5.95. The molecular formula is C15H15FN2O. The maximum atomic E-state index is 12.7. The third-order valence-electron chi connectivity index (χ3n) is 2.99. The molecule has 0 unspecified atom stereocenters. The Kier molecular flexibility index (Phi) is 3.80. The topological polar surface area (TPSA) is 55.1 Å². The molecule has 98 valence electrons. The lowest BCUT2D eigenvalue weighted by Gasteiger charge is -2.09. The quantitative estimate of drug-likeness (QED) is 0.831. The van der Waals surface area contributed by atoms with Gasteiger partial charge in [-0.2, -0.15) is 0 Å². The van der Waals surface area contributed by atoms with E-state index in [4.69, 9.17) is 5.73 Å². The molecule has 0 bridgehead atoms. The van der Waals surface area contributed by atoms with E-state index in [9.17, 15) is 9.18 Å². The highest BCUT2D eigenvalue weighted by Crippen LogP contribution is 2.15. The lowest BCUT2D eigenvalue weighted by Crippen LogP contribution is -2.23. The van der Waals surface area contributed by atoms with Gasteiger partial charge in [-0.25, -0.2) is 4.39 Å². The summed E-state index contributed by atoms with van der Waals surface area (Å²) in [6.45, 7) is 2.16. The van der Waals surface area contributed by atoms with Crippen molar-refractivity contribution in [1.82, 2.24) is 5.32 Å². The zero-order chi connectivity index (χ0) is 13.8. The average Bonchev–Trinajstić information content (AvgIpc) is 2.41. The fourth-order valence-corrected chi connectivity index (χ4v) is 1.78. The summed E-state index contributed by atoms with van der Waals surface area (Å²) in [5, 5.41) is 2.79. The Hall–Kier alpha value is -2.36. The zero-order valence-corrected chi connectivity index (χ0v) is 10.6. The van der Waals surface area contributed by atoms with E-state index >= 15 is 0 Å². The van der Waals surface area contributed by atoms with Crippen molar-refractivity contribution in [3.8, 4) is 0 Å². The van der Waals surface area contributed by atoms with Crippen molar-refractivity contribution < 1.29 is 9.18 Å². The smallest absolute Gasteiger partial charge is 0.251 e. The van der Waals surface area contributed by atoms with E-state index in [1.165, 1.54) is 12.1 Å². The van der Waals surface area contributed by atoms with Gasteiger partial charge in [0.05, 0.1) is 0 Å². The van der Waals surface area contributed by atoms with Crippen molar-refractivity contribution in [2.45, 2.75) is 13.5 Å². The summed E-state index contributed by atoms with van der Waals surface area (Å²) in [5.41, 5.74) is 8.52. The van der Waals surface area contributed by atoms with Crippen molar-refractivity contribution in [2.24, 2.45) is 0 Å². The molecule has 0 aliphatic rings. The molecular weight excluding hydrogens is 243 g/mol. The molecule has 3 nitrogen and oxygen atoms in total. The van der Waals surface area contributed by atoms with E-state index < -0.39 is 0 Å². The predicted molar refractivity (Wildman–Crippen MR) is 73.2 cm³/mol. The van der Waals surface area contributed by atoms with Crippen LogP contribution >= 0.6 is 0 Å². The molecule has 2 aromatic rings. The summed E-state index contributed by atoms with van der Waals surface area (Å²) >= 11 is 0. The summed E-state index contributed by atoms with van der Waals surface area (Å²) in [6.07, 6.45) is 0. The molecule has 3 N–H and O–H groups in total. The van der Waals surface area contributed by atoms with Crippen LogP contribution in [0.15, 0.2) is 42.5 Å². The normalized spacial score (nSPS) is 10.2. The number of halogens is 1. The van der Waals surface area contributed by atoms with Crippen LogP contribution in [0.2, 0.25) is 0 Å². The van der Waals surface area contributed by atoms with E-state index in [1.54, 1.807) is 30.3 Å². The van der Waals surface area contributed by atoms with Crippen LogP contribution in [0.3, 0.4) is 0 Å². The van der Waals surface area contributed by atoms with Gasteiger partial charge >= 0.3 is 0 Å². The van der Waals surface area contributed by atoms with Crippen LogP contribution in [0.25, 0.3) is 0 Å².